The average molecular weight is 321 g/mol. The van der Waals surface area contributed by atoms with E-state index >= 15 is 0 Å². The highest BCUT2D eigenvalue weighted by molar-refractivity contribution is 5.85. The van der Waals surface area contributed by atoms with Crippen molar-refractivity contribution in [1.82, 2.24) is 10.6 Å². The SMILES string of the molecule is C[C@H]1OCCN[C@@H]1C(=O)NCCOC1CCCCCC1.Cl. The first kappa shape index (κ1) is 18.7. The van der Waals surface area contributed by atoms with E-state index in [4.69, 9.17) is 9.47 Å². The fourth-order valence-electron chi connectivity index (χ4n) is 2.95. The van der Waals surface area contributed by atoms with Crippen LogP contribution in [0.15, 0.2) is 0 Å². The highest BCUT2D eigenvalue weighted by atomic mass is 35.5. The van der Waals surface area contributed by atoms with E-state index < -0.39 is 0 Å². The van der Waals surface area contributed by atoms with Crippen molar-refractivity contribution in [3.8, 4) is 0 Å². The van der Waals surface area contributed by atoms with E-state index in [0.717, 1.165) is 6.54 Å². The Labute approximate surface area is 133 Å². The topological polar surface area (TPSA) is 59.6 Å². The third-order valence-corrected chi connectivity index (χ3v) is 4.16. The second kappa shape index (κ2) is 10.4. The van der Waals surface area contributed by atoms with Crippen LogP contribution in [0.2, 0.25) is 0 Å². The van der Waals surface area contributed by atoms with Gasteiger partial charge in [0.1, 0.15) is 6.04 Å². The van der Waals surface area contributed by atoms with E-state index in [9.17, 15) is 4.79 Å². The summed E-state index contributed by atoms with van der Waals surface area (Å²) in [5, 5.41) is 6.12. The molecule has 2 rings (SSSR count). The van der Waals surface area contributed by atoms with Crippen LogP contribution in [-0.4, -0.2) is 50.5 Å². The molecule has 0 spiro atoms. The molecule has 5 nitrogen and oxygen atoms in total. The molecule has 0 bridgehead atoms. The molecule has 2 atom stereocenters. The standard InChI is InChI=1S/C15H28N2O3.ClH/c1-12-14(16-8-10-19-12)15(18)17-9-11-20-13-6-4-2-3-5-7-13;/h12-14,16H,2-11H2,1H3,(H,17,18);1H/t12-,14+;/m1./s1. The summed E-state index contributed by atoms with van der Waals surface area (Å²) < 4.78 is 11.3. The Hall–Kier alpha value is -0.360. The molecule has 2 aliphatic rings. The Morgan fingerprint density at radius 1 is 1.29 bits per heavy atom. The third-order valence-electron chi connectivity index (χ3n) is 4.16. The van der Waals surface area contributed by atoms with Gasteiger partial charge in [-0.05, 0) is 19.8 Å². The molecule has 1 saturated carbocycles. The lowest BCUT2D eigenvalue weighted by molar-refractivity contribution is -0.129. The number of hydrogen-bond donors (Lipinski definition) is 2. The van der Waals surface area contributed by atoms with Crippen molar-refractivity contribution < 1.29 is 14.3 Å². The van der Waals surface area contributed by atoms with Gasteiger partial charge < -0.3 is 20.1 Å². The normalized spacial score (nSPS) is 27.5. The van der Waals surface area contributed by atoms with E-state index in [-0.39, 0.29) is 30.5 Å². The fourth-order valence-corrected chi connectivity index (χ4v) is 2.95. The van der Waals surface area contributed by atoms with Gasteiger partial charge in [0.15, 0.2) is 0 Å². The van der Waals surface area contributed by atoms with Gasteiger partial charge in [-0.3, -0.25) is 4.79 Å². The van der Waals surface area contributed by atoms with Crippen molar-refractivity contribution >= 4 is 18.3 Å². The molecule has 0 radical (unpaired) electrons. The molecule has 0 aromatic heterocycles. The molecule has 1 amide bonds. The summed E-state index contributed by atoms with van der Waals surface area (Å²) in [5.41, 5.74) is 0. The molecule has 0 aromatic carbocycles. The summed E-state index contributed by atoms with van der Waals surface area (Å²) in [6, 6.07) is -0.235. The molecule has 2 fully saturated rings. The number of amides is 1. The van der Waals surface area contributed by atoms with Gasteiger partial charge in [0, 0.05) is 13.1 Å². The maximum Gasteiger partial charge on any atom is 0.239 e. The van der Waals surface area contributed by atoms with Gasteiger partial charge in [0.2, 0.25) is 5.91 Å². The van der Waals surface area contributed by atoms with Gasteiger partial charge in [-0.25, -0.2) is 0 Å². The molecule has 2 N–H and O–H groups in total. The van der Waals surface area contributed by atoms with Gasteiger partial charge in [0.25, 0.3) is 0 Å². The number of rotatable bonds is 5. The number of nitrogens with one attached hydrogen (secondary N) is 2. The van der Waals surface area contributed by atoms with Gasteiger partial charge in [-0.2, -0.15) is 0 Å². The number of morpholine rings is 1. The number of ether oxygens (including phenoxy) is 2. The summed E-state index contributed by atoms with van der Waals surface area (Å²) in [6.07, 6.45) is 7.89. The molecule has 21 heavy (non-hydrogen) atoms. The predicted molar refractivity (Wildman–Crippen MR) is 84.9 cm³/mol. The lowest BCUT2D eigenvalue weighted by atomic mass is 10.1. The lowest BCUT2D eigenvalue weighted by Gasteiger charge is -2.29. The minimum absolute atomic E-state index is 0. The number of hydrogen-bond acceptors (Lipinski definition) is 4. The van der Waals surface area contributed by atoms with Gasteiger partial charge in [0.05, 0.1) is 25.4 Å². The Bertz CT molecular complexity index is 297. The molecule has 6 heteroatoms. The molecule has 1 aliphatic carbocycles. The average Bonchev–Trinajstić information content (AvgIpc) is 2.72. The van der Waals surface area contributed by atoms with Gasteiger partial charge in [-0.1, -0.05) is 25.7 Å². The monoisotopic (exact) mass is 320 g/mol. The smallest absolute Gasteiger partial charge is 0.239 e. The first-order chi connectivity index (χ1) is 9.77. The summed E-state index contributed by atoms with van der Waals surface area (Å²) in [4.78, 5) is 12.0. The molecule has 1 aliphatic heterocycles. The van der Waals surface area contributed by atoms with Crippen LogP contribution in [-0.2, 0) is 14.3 Å². The number of carbonyl (C=O) groups excluding carboxylic acids is 1. The van der Waals surface area contributed by atoms with E-state index in [2.05, 4.69) is 10.6 Å². The maximum atomic E-state index is 12.0. The molecule has 0 aromatic rings. The summed E-state index contributed by atoms with van der Waals surface area (Å²) in [6.45, 7) is 4.54. The van der Waals surface area contributed by atoms with Crippen molar-refractivity contribution in [2.24, 2.45) is 0 Å². The third kappa shape index (κ3) is 6.51. The minimum atomic E-state index is -0.235. The van der Waals surface area contributed by atoms with Crippen LogP contribution in [0.25, 0.3) is 0 Å². The van der Waals surface area contributed by atoms with E-state index in [1.807, 2.05) is 6.92 Å². The van der Waals surface area contributed by atoms with Crippen molar-refractivity contribution in [2.45, 2.75) is 63.7 Å². The van der Waals surface area contributed by atoms with Crippen LogP contribution in [0.3, 0.4) is 0 Å². The zero-order valence-corrected chi connectivity index (χ0v) is 13.8. The number of halogens is 1. The van der Waals surface area contributed by atoms with Crippen LogP contribution in [0.1, 0.15) is 45.4 Å². The van der Waals surface area contributed by atoms with Crippen LogP contribution < -0.4 is 10.6 Å². The fraction of sp³-hybridized carbons (Fsp3) is 0.933. The summed E-state index contributed by atoms with van der Waals surface area (Å²) >= 11 is 0. The van der Waals surface area contributed by atoms with Crippen molar-refractivity contribution in [3.05, 3.63) is 0 Å². The van der Waals surface area contributed by atoms with Crippen LogP contribution >= 0.6 is 12.4 Å². The molecule has 1 heterocycles. The van der Waals surface area contributed by atoms with Crippen LogP contribution in [0.4, 0.5) is 0 Å². The van der Waals surface area contributed by atoms with Crippen molar-refractivity contribution in [2.75, 3.05) is 26.3 Å². The quantitative estimate of drug-likeness (QED) is 0.597. The zero-order chi connectivity index (χ0) is 14.2. The Morgan fingerprint density at radius 3 is 2.67 bits per heavy atom. The molecule has 124 valence electrons. The van der Waals surface area contributed by atoms with E-state index in [1.165, 1.54) is 38.5 Å². The first-order valence-electron chi connectivity index (χ1n) is 8.01. The van der Waals surface area contributed by atoms with Crippen LogP contribution in [0, 0.1) is 0 Å². The molecule has 1 saturated heterocycles. The predicted octanol–water partition coefficient (Wildman–Crippen LogP) is 1.64. The minimum Gasteiger partial charge on any atom is -0.376 e. The van der Waals surface area contributed by atoms with E-state index in [1.54, 1.807) is 0 Å². The Balaban J connectivity index is 0.00000220. The largest absolute Gasteiger partial charge is 0.376 e. The highest BCUT2D eigenvalue weighted by Crippen LogP contribution is 2.19. The summed E-state index contributed by atoms with van der Waals surface area (Å²) in [7, 11) is 0. The first-order valence-corrected chi connectivity index (χ1v) is 8.01. The Morgan fingerprint density at radius 2 is 2.00 bits per heavy atom. The van der Waals surface area contributed by atoms with Crippen molar-refractivity contribution in [3.63, 3.8) is 0 Å². The van der Waals surface area contributed by atoms with Crippen molar-refractivity contribution in [1.29, 1.82) is 0 Å². The maximum absolute atomic E-state index is 12.0. The van der Waals surface area contributed by atoms with Gasteiger partial charge >= 0.3 is 0 Å². The molecular weight excluding hydrogens is 292 g/mol. The van der Waals surface area contributed by atoms with E-state index in [0.29, 0.717) is 25.9 Å². The molecule has 0 unspecified atom stereocenters. The van der Waals surface area contributed by atoms with Crippen LogP contribution in [0.5, 0.6) is 0 Å². The van der Waals surface area contributed by atoms with Gasteiger partial charge in [-0.15, -0.1) is 12.4 Å². The second-order valence-electron chi connectivity index (χ2n) is 5.78. The molecular formula is C15H29ClN2O3. The zero-order valence-electron chi connectivity index (χ0n) is 12.9. The second-order valence-corrected chi connectivity index (χ2v) is 5.78. The lowest BCUT2D eigenvalue weighted by Crippen LogP contribution is -2.55. The summed E-state index contributed by atoms with van der Waals surface area (Å²) in [5.74, 6) is 0.0154. The number of carbonyl (C=O) groups is 1. The Kier molecular flexibility index (Phi) is 9.24. The highest BCUT2D eigenvalue weighted by Gasteiger charge is 2.27.